The fourth-order valence-electron chi connectivity index (χ4n) is 0.871. The van der Waals surface area contributed by atoms with Gasteiger partial charge in [-0.3, -0.25) is 0 Å². The van der Waals surface area contributed by atoms with Crippen LogP contribution >= 0.6 is 11.3 Å². The van der Waals surface area contributed by atoms with Crippen molar-refractivity contribution in [1.82, 2.24) is 10.2 Å². The number of hydrogen-bond donors (Lipinski definition) is 1. The molecule has 1 heterocycles. The number of rotatable bonds is 4. The zero-order valence-corrected chi connectivity index (χ0v) is 9.18. The van der Waals surface area contributed by atoms with E-state index in [9.17, 15) is 0 Å². The van der Waals surface area contributed by atoms with Crippen LogP contribution in [0.1, 0.15) is 18.9 Å². The molecular formula is C8H15N3OS. The molecule has 1 rings (SSSR count). The average Bonchev–Trinajstić information content (AvgIpc) is 2.49. The van der Waals surface area contributed by atoms with Crippen molar-refractivity contribution < 1.29 is 4.74 Å². The highest BCUT2D eigenvalue weighted by Crippen LogP contribution is 2.15. The zero-order chi connectivity index (χ0) is 9.84. The molecule has 0 bridgehead atoms. The minimum atomic E-state index is 0.171. The molecule has 0 amide bonds. The Labute approximate surface area is 82.3 Å². The van der Waals surface area contributed by atoms with Crippen LogP contribution in [0.5, 0.6) is 0 Å². The number of hydrogen-bond acceptors (Lipinski definition) is 5. The Hall–Kier alpha value is -0.680. The van der Waals surface area contributed by atoms with Crippen LogP contribution in [0, 0.1) is 6.92 Å². The van der Waals surface area contributed by atoms with Gasteiger partial charge in [-0.1, -0.05) is 11.3 Å². The van der Waals surface area contributed by atoms with Gasteiger partial charge in [0.25, 0.3) is 0 Å². The van der Waals surface area contributed by atoms with E-state index < -0.39 is 0 Å². The van der Waals surface area contributed by atoms with Gasteiger partial charge in [0.05, 0.1) is 12.1 Å². The molecule has 0 radical (unpaired) electrons. The zero-order valence-electron chi connectivity index (χ0n) is 8.37. The standard InChI is InChI=1S/C8H15N3OS/c1-5(6(2)12-4)9-8-11-10-7(3)13-8/h5-6H,1-4H3,(H,9,11)/t5-,6?/m0/s1. The van der Waals surface area contributed by atoms with Crippen molar-refractivity contribution in [1.29, 1.82) is 0 Å². The van der Waals surface area contributed by atoms with Gasteiger partial charge >= 0.3 is 0 Å². The first-order chi connectivity index (χ1) is 6.13. The molecule has 0 aromatic carbocycles. The highest BCUT2D eigenvalue weighted by molar-refractivity contribution is 7.15. The molecule has 0 saturated carbocycles. The summed E-state index contributed by atoms with van der Waals surface area (Å²) in [5.41, 5.74) is 0. The third-order valence-corrected chi connectivity index (χ3v) is 2.72. The summed E-state index contributed by atoms with van der Waals surface area (Å²) < 4.78 is 5.18. The number of nitrogens with zero attached hydrogens (tertiary/aromatic N) is 2. The summed E-state index contributed by atoms with van der Waals surface area (Å²) in [5, 5.41) is 13.0. The first-order valence-corrected chi connectivity index (χ1v) is 5.04. The topological polar surface area (TPSA) is 47.0 Å². The van der Waals surface area contributed by atoms with Crippen LogP contribution in [-0.2, 0) is 4.74 Å². The van der Waals surface area contributed by atoms with E-state index in [4.69, 9.17) is 4.74 Å². The van der Waals surface area contributed by atoms with Crippen molar-refractivity contribution in [2.24, 2.45) is 0 Å². The molecule has 0 saturated heterocycles. The van der Waals surface area contributed by atoms with Gasteiger partial charge in [0.1, 0.15) is 5.01 Å². The normalized spacial score (nSPS) is 15.4. The molecule has 0 aliphatic rings. The highest BCUT2D eigenvalue weighted by Gasteiger charge is 2.12. The van der Waals surface area contributed by atoms with Crippen LogP contribution in [-0.4, -0.2) is 29.5 Å². The Kier molecular flexibility index (Phi) is 3.62. The van der Waals surface area contributed by atoms with Crippen LogP contribution in [0.25, 0.3) is 0 Å². The van der Waals surface area contributed by atoms with Crippen molar-refractivity contribution >= 4 is 16.5 Å². The number of nitrogens with one attached hydrogen (secondary N) is 1. The number of ether oxygens (including phenoxy) is 1. The second kappa shape index (κ2) is 4.53. The van der Waals surface area contributed by atoms with Crippen LogP contribution in [0.2, 0.25) is 0 Å². The van der Waals surface area contributed by atoms with Gasteiger partial charge in [0.15, 0.2) is 0 Å². The molecule has 1 unspecified atom stereocenters. The molecule has 0 aliphatic carbocycles. The fraction of sp³-hybridized carbons (Fsp3) is 0.750. The monoisotopic (exact) mass is 201 g/mol. The lowest BCUT2D eigenvalue weighted by molar-refractivity contribution is 0.106. The van der Waals surface area contributed by atoms with Crippen molar-refractivity contribution in [3.63, 3.8) is 0 Å². The van der Waals surface area contributed by atoms with Crippen molar-refractivity contribution in [2.45, 2.75) is 32.9 Å². The number of anilines is 1. The number of aromatic nitrogens is 2. The second-order valence-electron chi connectivity index (χ2n) is 3.00. The Morgan fingerprint density at radius 1 is 1.38 bits per heavy atom. The molecular weight excluding hydrogens is 186 g/mol. The predicted molar refractivity (Wildman–Crippen MR) is 54.2 cm³/mol. The summed E-state index contributed by atoms with van der Waals surface area (Å²) in [6, 6.07) is 0.248. The van der Waals surface area contributed by atoms with E-state index in [2.05, 4.69) is 22.4 Å². The van der Waals surface area contributed by atoms with E-state index in [1.165, 1.54) is 0 Å². The molecule has 74 valence electrons. The van der Waals surface area contributed by atoms with E-state index in [0.717, 1.165) is 10.1 Å². The van der Waals surface area contributed by atoms with Gasteiger partial charge < -0.3 is 10.1 Å². The SMILES string of the molecule is COC(C)[C@H](C)Nc1nnc(C)s1. The first kappa shape index (κ1) is 10.4. The fourth-order valence-corrected chi connectivity index (χ4v) is 1.56. The minimum Gasteiger partial charge on any atom is -0.380 e. The lowest BCUT2D eigenvalue weighted by atomic mass is 10.2. The maximum atomic E-state index is 5.18. The summed E-state index contributed by atoms with van der Waals surface area (Å²) in [7, 11) is 1.70. The molecule has 13 heavy (non-hydrogen) atoms. The van der Waals surface area contributed by atoms with E-state index in [-0.39, 0.29) is 12.1 Å². The molecule has 2 atom stereocenters. The van der Waals surface area contributed by atoms with Crippen molar-refractivity contribution in [2.75, 3.05) is 12.4 Å². The van der Waals surface area contributed by atoms with Crippen LogP contribution < -0.4 is 5.32 Å². The van der Waals surface area contributed by atoms with Crippen molar-refractivity contribution in [3.8, 4) is 0 Å². The summed E-state index contributed by atoms with van der Waals surface area (Å²) in [6.07, 6.45) is 0.171. The maximum absolute atomic E-state index is 5.18. The second-order valence-corrected chi connectivity index (χ2v) is 4.18. The molecule has 0 spiro atoms. The maximum Gasteiger partial charge on any atom is 0.205 e. The molecule has 5 heteroatoms. The molecule has 1 aromatic rings. The van der Waals surface area contributed by atoms with Gasteiger partial charge in [-0.2, -0.15) is 0 Å². The van der Waals surface area contributed by atoms with Gasteiger partial charge in [-0.25, -0.2) is 0 Å². The third-order valence-electron chi connectivity index (χ3n) is 1.95. The molecule has 0 aliphatic heterocycles. The van der Waals surface area contributed by atoms with E-state index in [1.807, 2.05) is 13.8 Å². The summed E-state index contributed by atoms with van der Waals surface area (Å²) in [4.78, 5) is 0. The highest BCUT2D eigenvalue weighted by atomic mass is 32.1. The van der Waals surface area contributed by atoms with Crippen LogP contribution in [0.3, 0.4) is 0 Å². The lowest BCUT2D eigenvalue weighted by Crippen LogP contribution is -2.29. The van der Waals surface area contributed by atoms with Crippen LogP contribution in [0.15, 0.2) is 0 Å². The summed E-state index contributed by atoms with van der Waals surface area (Å²) in [6.45, 7) is 6.02. The Balaban J connectivity index is 2.49. The smallest absolute Gasteiger partial charge is 0.205 e. The largest absolute Gasteiger partial charge is 0.380 e. The molecule has 0 fully saturated rings. The van der Waals surface area contributed by atoms with E-state index >= 15 is 0 Å². The van der Waals surface area contributed by atoms with Gasteiger partial charge in [0.2, 0.25) is 5.13 Å². The molecule has 1 N–H and O–H groups in total. The summed E-state index contributed by atoms with van der Waals surface area (Å²) in [5.74, 6) is 0. The van der Waals surface area contributed by atoms with E-state index in [0.29, 0.717) is 0 Å². The van der Waals surface area contributed by atoms with Gasteiger partial charge in [-0.15, -0.1) is 10.2 Å². The predicted octanol–water partition coefficient (Wildman–Crippen LogP) is 1.68. The lowest BCUT2D eigenvalue weighted by Gasteiger charge is -2.18. The quantitative estimate of drug-likeness (QED) is 0.805. The first-order valence-electron chi connectivity index (χ1n) is 4.23. The molecule has 4 nitrogen and oxygen atoms in total. The molecule has 1 aromatic heterocycles. The minimum absolute atomic E-state index is 0.171. The number of methoxy groups -OCH3 is 1. The third kappa shape index (κ3) is 2.93. The van der Waals surface area contributed by atoms with E-state index in [1.54, 1.807) is 18.4 Å². The Morgan fingerprint density at radius 3 is 2.54 bits per heavy atom. The number of aryl methyl sites for hydroxylation is 1. The van der Waals surface area contributed by atoms with Crippen molar-refractivity contribution in [3.05, 3.63) is 5.01 Å². The van der Waals surface area contributed by atoms with Gasteiger partial charge in [-0.05, 0) is 20.8 Å². The average molecular weight is 201 g/mol. The Morgan fingerprint density at radius 2 is 2.08 bits per heavy atom. The Bertz CT molecular complexity index is 264. The van der Waals surface area contributed by atoms with Crippen LogP contribution in [0.4, 0.5) is 5.13 Å². The summed E-state index contributed by atoms with van der Waals surface area (Å²) >= 11 is 1.56. The van der Waals surface area contributed by atoms with Gasteiger partial charge in [0, 0.05) is 7.11 Å².